The highest BCUT2D eigenvalue weighted by molar-refractivity contribution is 5.85. The fraction of sp³-hybridized carbons (Fsp3) is 0.400. The molecule has 0 spiro atoms. The van der Waals surface area contributed by atoms with E-state index in [2.05, 4.69) is 10.3 Å². The molecule has 106 valence electrons. The van der Waals surface area contributed by atoms with Crippen molar-refractivity contribution in [2.24, 2.45) is 0 Å². The van der Waals surface area contributed by atoms with Crippen molar-refractivity contribution in [2.45, 2.75) is 18.9 Å². The van der Waals surface area contributed by atoms with E-state index in [1.165, 1.54) is 0 Å². The molecule has 1 aromatic heterocycles. The minimum Gasteiger partial charge on any atom is -0.493 e. The molecule has 2 N–H and O–H groups in total. The van der Waals surface area contributed by atoms with Crippen molar-refractivity contribution < 1.29 is 9.47 Å². The largest absolute Gasteiger partial charge is 0.493 e. The molecule has 0 bridgehead atoms. The fourth-order valence-corrected chi connectivity index (χ4v) is 2.54. The van der Waals surface area contributed by atoms with Gasteiger partial charge in [-0.05, 0) is 49.5 Å². The molecule has 1 saturated heterocycles. The number of aromatic amines is 1. The number of benzene rings is 1. The molecule has 0 atom stereocenters. The van der Waals surface area contributed by atoms with E-state index in [1.807, 2.05) is 12.1 Å². The van der Waals surface area contributed by atoms with E-state index >= 15 is 0 Å². The molecular weight excluding hydrogens is 256 g/mol. The Kier molecular flexibility index (Phi) is 3.60. The van der Waals surface area contributed by atoms with Gasteiger partial charge >= 0.3 is 0 Å². The standard InChI is InChI=1S/C15H18N2O3/c1-19-13-9-12-10(2-7-17-15(12)18)8-14(13)20-11-3-5-16-6-4-11/h2,7-9,11,16H,3-6H2,1H3,(H,17,18). The molecule has 1 aliphatic heterocycles. The molecule has 2 heterocycles. The Labute approximate surface area is 116 Å². The Morgan fingerprint density at radius 3 is 2.75 bits per heavy atom. The summed E-state index contributed by atoms with van der Waals surface area (Å²) in [5.41, 5.74) is -0.116. The fourth-order valence-electron chi connectivity index (χ4n) is 2.54. The van der Waals surface area contributed by atoms with Crippen molar-refractivity contribution in [3.63, 3.8) is 0 Å². The number of ether oxygens (including phenoxy) is 2. The van der Waals surface area contributed by atoms with Gasteiger partial charge in [0.2, 0.25) is 0 Å². The summed E-state index contributed by atoms with van der Waals surface area (Å²) in [4.78, 5) is 14.5. The first-order valence-corrected chi connectivity index (χ1v) is 6.85. The average molecular weight is 274 g/mol. The molecule has 1 fully saturated rings. The molecule has 0 unspecified atom stereocenters. The second-order valence-electron chi connectivity index (χ2n) is 4.96. The van der Waals surface area contributed by atoms with Crippen molar-refractivity contribution >= 4 is 10.8 Å². The Bertz CT molecular complexity index is 660. The summed E-state index contributed by atoms with van der Waals surface area (Å²) in [5.74, 6) is 1.31. The van der Waals surface area contributed by atoms with Crippen molar-refractivity contribution in [2.75, 3.05) is 20.2 Å². The van der Waals surface area contributed by atoms with E-state index in [9.17, 15) is 4.79 Å². The van der Waals surface area contributed by atoms with Gasteiger partial charge in [-0.2, -0.15) is 0 Å². The maximum atomic E-state index is 11.8. The van der Waals surface area contributed by atoms with E-state index in [4.69, 9.17) is 9.47 Å². The molecule has 3 rings (SSSR count). The quantitative estimate of drug-likeness (QED) is 0.893. The predicted molar refractivity (Wildman–Crippen MR) is 77.6 cm³/mol. The first-order chi connectivity index (χ1) is 9.78. The summed E-state index contributed by atoms with van der Waals surface area (Å²) in [5, 5.41) is 4.78. The SMILES string of the molecule is COc1cc2c(=O)[nH]ccc2cc1OC1CCNCC1. The maximum absolute atomic E-state index is 11.8. The third-order valence-corrected chi connectivity index (χ3v) is 3.64. The second kappa shape index (κ2) is 5.54. The molecule has 0 radical (unpaired) electrons. The number of hydrogen-bond donors (Lipinski definition) is 2. The van der Waals surface area contributed by atoms with Crippen LogP contribution in [0, 0.1) is 0 Å². The zero-order chi connectivity index (χ0) is 13.9. The minimum absolute atomic E-state index is 0.116. The molecule has 0 aliphatic carbocycles. The van der Waals surface area contributed by atoms with Gasteiger partial charge in [-0.1, -0.05) is 0 Å². The number of methoxy groups -OCH3 is 1. The molecule has 5 heteroatoms. The van der Waals surface area contributed by atoms with E-state index in [1.54, 1.807) is 19.4 Å². The molecule has 1 aliphatic rings. The van der Waals surface area contributed by atoms with E-state index < -0.39 is 0 Å². The van der Waals surface area contributed by atoms with Gasteiger partial charge in [0.15, 0.2) is 11.5 Å². The zero-order valence-corrected chi connectivity index (χ0v) is 11.4. The third-order valence-electron chi connectivity index (χ3n) is 3.64. The van der Waals surface area contributed by atoms with Gasteiger partial charge in [0.05, 0.1) is 12.5 Å². The topological polar surface area (TPSA) is 63.4 Å². The normalized spacial score (nSPS) is 16.2. The highest BCUT2D eigenvalue weighted by Gasteiger charge is 2.17. The van der Waals surface area contributed by atoms with Crippen molar-refractivity contribution in [3.05, 3.63) is 34.7 Å². The molecule has 1 aromatic carbocycles. The van der Waals surface area contributed by atoms with Gasteiger partial charge in [-0.15, -0.1) is 0 Å². The highest BCUT2D eigenvalue weighted by atomic mass is 16.5. The van der Waals surface area contributed by atoms with Gasteiger partial charge < -0.3 is 19.8 Å². The van der Waals surface area contributed by atoms with Crippen LogP contribution in [0.1, 0.15) is 12.8 Å². The molecule has 0 amide bonds. The zero-order valence-electron chi connectivity index (χ0n) is 11.4. The van der Waals surface area contributed by atoms with Gasteiger partial charge in [0, 0.05) is 6.20 Å². The highest BCUT2D eigenvalue weighted by Crippen LogP contribution is 2.32. The lowest BCUT2D eigenvalue weighted by Crippen LogP contribution is -2.34. The molecule has 2 aromatic rings. The lowest BCUT2D eigenvalue weighted by atomic mass is 10.1. The molecule has 20 heavy (non-hydrogen) atoms. The summed E-state index contributed by atoms with van der Waals surface area (Å²) in [6.07, 6.45) is 3.81. The smallest absolute Gasteiger partial charge is 0.255 e. The van der Waals surface area contributed by atoms with Crippen LogP contribution in [0.2, 0.25) is 0 Å². The van der Waals surface area contributed by atoms with Crippen LogP contribution in [0.4, 0.5) is 0 Å². The lowest BCUT2D eigenvalue weighted by molar-refractivity contribution is 0.157. The molecular formula is C15H18N2O3. The van der Waals surface area contributed by atoms with E-state index in [0.717, 1.165) is 31.3 Å². The van der Waals surface area contributed by atoms with Gasteiger partial charge in [-0.25, -0.2) is 0 Å². The number of hydrogen-bond acceptors (Lipinski definition) is 4. The van der Waals surface area contributed by atoms with Crippen molar-refractivity contribution in [1.82, 2.24) is 10.3 Å². The predicted octanol–water partition coefficient (Wildman–Crippen LogP) is 1.67. The van der Waals surface area contributed by atoms with Crippen LogP contribution in [-0.4, -0.2) is 31.3 Å². The van der Waals surface area contributed by atoms with Crippen LogP contribution in [0.3, 0.4) is 0 Å². The number of fused-ring (bicyclic) bond motifs is 1. The van der Waals surface area contributed by atoms with Crippen LogP contribution >= 0.6 is 0 Å². The first-order valence-electron chi connectivity index (χ1n) is 6.85. The summed E-state index contributed by atoms with van der Waals surface area (Å²) < 4.78 is 11.4. The maximum Gasteiger partial charge on any atom is 0.255 e. The van der Waals surface area contributed by atoms with Crippen LogP contribution < -0.4 is 20.3 Å². The monoisotopic (exact) mass is 274 g/mol. The van der Waals surface area contributed by atoms with Gasteiger partial charge in [0.25, 0.3) is 5.56 Å². The number of rotatable bonds is 3. The van der Waals surface area contributed by atoms with Crippen LogP contribution in [0.15, 0.2) is 29.2 Å². The van der Waals surface area contributed by atoms with Crippen LogP contribution in [0.25, 0.3) is 10.8 Å². The summed E-state index contributed by atoms with van der Waals surface area (Å²) in [6, 6.07) is 5.49. The van der Waals surface area contributed by atoms with Gasteiger partial charge in [-0.3, -0.25) is 4.79 Å². The minimum atomic E-state index is -0.116. The average Bonchev–Trinajstić information content (AvgIpc) is 2.48. The number of H-pyrrole nitrogens is 1. The molecule has 5 nitrogen and oxygen atoms in total. The summed E-state index contributed by atoms with van der Waals surface area (Å²) in [6.45, 7) is 1.94. The number of piperidine rings is 1. The summed E-state index contributed by atoms with van der Waals surface area (Å²) in [7, 11) is 1.59. The van der Waals surface area contributed by atoms with Crippen molar-refractivity contribution in [3.8, 4) is 11.5 Å². The lowest BCUT2D eigenvalue weighted by Gasteiger charge is -2.24. The Morgan fingerprint density at radius 1 is 1.20 bits per heavy atom. The Balaban J connectivity index is 1.98. The van der Waals surface area contributed by atoms with Crippen LogP contribution in [0.5, 0.6) is 11.5 Å². The van der Waals surface area contributed by atoms with E-state index in [-0.39, 0.29) is 11.7 Å². The Hall–Kier alpha value is -2.01. The van der Waals surface area contributed by atoms with E-state index in [0.29, 0.717) is 16.9 Å². The first kappa shape index (κ1) is 13.0. The second-order valence-corrected chi connectivity index (χ2v) is 4.96. The number of pyridine rings is 1. The van der Waals surface area contributed by atoms with Gasteiger partial charge in [0.1, 0.15) is 6.10 Å². The third kappa shape index (κ3) is 2.49. The number of nitrogens with one attached hydrogen (secondary N) is 2. The Morgan fingerprint density at radius 2 is 2.00 bits per heavy atom. The molecule has 0 saturated carbocycles. The van der Waals surface area contributed by atoms with Crippen molar-refractivity contribution in [1.29, 1.82) is 0 Å². The summed E-state index contributed by atoms with van der Waals surface area (Å²) >= 11 is 0. The number of aromatic nitrogens is 1. The van der Waals surface area contributed by atoms with Crippen LogP contribution in [-0.2, 0) is 0 Å².